The van der Waals surface area contributed by atoms with Crippen LogP contribution in [0.15, 0.2) is 30.3 Å². The maximum Gasteiger partial charge on any atom is 0.260 e. The molecular weight excluding hydrogens is 465 g/mol. The van der Waals surface area contributed by atoms with Crippen LogP contribution in [-0.2, 0) is 4.74 Å². The lowest BCUT2D eigenvalue weighted by Gasteiger charge is -2.29. The molecule has 1 aliphatic heterocycles. The molecule has 0 radical (unpaired) electrons. The second-order valence-corrected chi connectivity index (χ2v) is 9.36. The molecule has 1 saturated heterocycles. The number of rotatable bonds is 5. The second kappa shape index (κ2) is 9.39. The molecule has 0 N–H and O–H groups in total. The van der Waals surface area contributed by atoms with Crippen molar-refractivity contribution in [1.82, 2.24) is 9.88 Å². The number of carbonyl (C=O) groups excluding carboxylic acids is 1. The molecule has 0 bridgehead atoms. The summed E-state index contributed by atoms with van der Waals surface area (Å²) in [6, 6.07) is 8.66. The van der Waals surface area contributed by atoms with Crippen molar-refractivity contribution in [2.75, 3.05) is 44.3 Å². The molecule has 3 aromatic rings. The van der Waals surface area contributed by atoms with Gasteiger partial charge < -0.3 is 4.74 Å². The molecule has 4 rings (SSSR count). The molecule has 1 amide bonds. The predicted octanol–water partition coefficient (Wildman–Crippen LogP) is 5.54. The quantitative estimate of drug-likeness (QED) is 0.477. The van der Waals surface area contributed by atoms with E-state index in [1.807, 2.05) is 19.1 Å². The lowest BCUT2D eigenvalue weighted by atomic mass is 10.2. The molecule has 1 fully saturated rings. The highest BCUT2D eigenvalue weighted by molar-refractivity contribution is 7.23. The highest BCUT2D eigenvalue weighted by Gasteiger charge is 2.24. The molecule has 9 heteroatoms. The van der Waals surface area contributed by atoms with Gasteiger partial charge >= 0.3 is 0 Å². The van der Waals surface area contributed by atoms with Crippen LogP contribution in [0.25, 0.3) is 10.2 Å². The van der Waals surface area contributed by atoms with Crippen molar-refractivity contribution >= 4 is 67.4 Å². The van der Waals surface area contributed by atoms with Crippen LogP contribution >= 0.6 is 46.1 Å². The van der Waals surface area contributed by atoms with Gasteiger partial charge in [0.2, 0.25) is 0 Å². The van der Waals surface area contributed by atoms with Crippen LogP contribution in [0.2, 0.25) is 15.1 Å². The summed E-state index contributed by atoms with van der Waals surface area (Å²) in [6.45, 7) is 6.28. The van der Waals surface area contributed by atoms with E-state index in [4.69, 9.17) is 44.5 Å². The molecule has 1 aromatic heterocycles. The minimum absolute atomic E-state index is 0.194. The van der Waals surface area contributed by atoms with Crippen LogP contribution in [0.1, 0.15) is 15.9 Å². The first-order valence-corrected chi connectivity index (χ1v) is 11.5. The highest BCUT2D eigenvalue weighted by Crippen LogP contribution is 2.36. The standard InChI is InChI=1S/C21H20Cl3N3O2S/c1-13-2-3-17(24)19-18(13)25-21(30-19)27(5-4-26-6-8-29-9-7-26)20(28)14-10-15(22)12-16(23)11-14/h2-3,10-12H,4-9H2,1H3. The molecule has 158 valence electrons. The Kier molecular flexibility index (Phi) is 6.82. The molecule has 1 aliphatic rings. The summed E-state index contributed by atoms with van der Waals surface area (Å²) in [6.07, 6.45) is 0. The third-order valence-electron chi connectivity index (χ3n) is 5.02. The van der Waals surface area contributed by atoms with Crippen LogP contribution in [0.4, 0.5) is 5.13 Å². The molecule has 0 unspecified atom stereocenters. The summed E-state index contributed by atoms with van der Waals surface area (Å²) in [4.78, 5) is 22.2. The first kappa shape index (κ1) is 21.8. The van der Waals surface area contributed by atoms with Crippen molar-refractivity contribution in [3.63, 3.8) is 0 Å². The van der Waals surface area contributed by atoms with E-state index in [-0.39, 0.29) is 5.91 Å². The zero-order chi connectivity index (χ0) is 21.3. The molecule has 5 nitrogen and oxygen atoms in total. The number of hydrogen-bond donors (Lipinski definition) is 0. The monoisotopic (exact) mass is 483 g/mol. The maximum absolute atomic E-state index is 13.5. The fraction of sp³-hybridized carbons (Fsp3) is 0.333. The Morgan fingerprint density at radius 1 is 1.17 bits per heavy atom. The van der Waals surface area contributed by atoms with E-state index in [0.717, 1.165) is 28.9 Å². The maximum atomic E-state index is 13.5. The van der Waals surface area contributed by atoms with Gasteiger partial charge in [-0.05, 0) is 36.8 Å². The van der Waals surface area contributed by atoms with Crippen molar-refractivity contribution in [3.05, 3.63) is 56.5 Å². The lowest BCUT2D eigenvalue weighted by Crippen LogP contribution is -2.43. The summed E-state index contributed by atoms with van der Waals surface area (Å²) in [5.74, 6) is -0.194. The minimum atomic E-state index is -0.194. The van der Waals surface area contributed by atoms with E-state index >= 15 is 0 Å². The fourth-order valence-electron chi connectivity index (χ4n) is 3.39. The number of carbonyl (C=O) groups is 1. The van der Waals surface area contributed by atoms with Crippen molar-refractivity contribution in [2.24, 2.45) is 0 Å². The zero-order valence-corrected chi connectivity index (χ0v) is 19.4. The number of halogens is 3. The smallest absolute Gasteiger partial charge is 0.260 e. The molecular formula is C21H20Cl3N3O2S. The Morgan fingerprint density at radius 3 is 2.53 bits per heavy atom. The van der Waals surface area contributed by atoms with E-state index in [1.165, 1.54) is 11.3 Å². The van der Waals surface area contributed by atoms with Gasteiger partial charge in [-0.15, -0.1) is 0 Å². The Labute approximate surface area is 194 Å². The largest absolute Gasteiger partial charge is 0.379 e. The van der Waals surface area contributed by atoms with E-state index in [2.05, 4.69) is 4.90 Å². The van der Waals surface area contributed by atoms with E-state index in [0.29, 0.717) is 52.1 Å². The van der Waals surface area contributed by atoms with Crippen LogP contribution in [-0.4, -0.2) is 55.2 Å². The number of aromatic nitrogens is 1. The normalized spacial score (nSPS) is 14.9. The van der Waals surface area contributed by atoms with Gasteiger partial charge in [-0.3, -0.25) is 14.6 Å². The number of morpholine rings is 1. The van der Waals surface area contributed by atoms with Gasteiger partial charge in [0, 0.05) is 41.8 Å². The fourth-order valence-corrected chi connectivity index (χ4v) is 5.26. The van der Waals surface area contributed by atoms with Gasteiger partial charge in [0.15, 0.2) is 5.13 Å². The molecule has 0 aliphatic carbocycles. The topological polar surface area (TPSA) is 45.7 Å². The van der Waals surface area contributed by atoms with E-state index in [1.54, 1.807) is 23.1 Å². The zero-order valence-electron chi connectivity index (χ0n) is 16.3. The van der Waals surface area contributed by atoms with Gasteiger partial charge in [-0.2, -0.15) is 0 Å². The number of amides is 1. The molecule has 0 saturated carbocycles. The van der Waals surface area contributed by atoms with Crippen molar-refractivity contribution in [3.8, 4) is 0 Å². The molecule has 0 spiro atoms. The van der Waals surface area contributed by atoms with Crippen molar-refractivity contribution < 1.29 is 9.53 Å². The van der Waals surface area contributed by atoms with Crippen LogP contribution in [0.3, 0.4) is 0 Å². The van der Waals surface area contributed by atoms with E-state index in [9.17, 15) is 4.79 Å². The van der Waals surface area contributed by atoms with Gasteiger partial charge in [-0.1, -0.05) is 52.2 Å². The number of anilines is 1. The van der Waals surface area contributed by atoms with Crippen LogP contribution in [0, 0.1) is 6.92 Å². The van der Waals surface area contributed by atoms with Crippen LogP contribution in [0.5, 0.6) is 0 Å². The number of fused-ring (bicyclic) bond motifs is 1. The summed E-state index contributed by atoms with van der Waals surface area (Å²) in [5.41, 5.74) is 2.26. The average Bonchev–Trinajstić information content (AvgIpc) is 3.17. The predicted molar refractivity (Wildman–Crippen MR) is 125 cm³/mol. The number of aryl methyl sites for hydroxylation is 1. The van der Waals surface area contributed by atoms with Gasteiger partial charge in [0.25, 0.3) is 5.91 Å². The Balaban J connectivity index is 1.70. The van der Waals surface area contributed by atoms with Gasteiger partial charge in [0.05, 0.1) is 28.5 Å². The van der Waals surface area contributed by atoms with Gasteiger partial charge in [-0.25, -0.2) is 4.98 Å². The number of hydrogen-bond acceptors (Lipinski definition) is 5. The van der Waals surface area contributed by atoms with Crippen LogP contribution < -0.4 is 4.90 Å². The Morgan fingerprint density at radius 2 is 1.87 bits per heavy atom. The molecule has 30 heavy (non-hydrogen) atoms. The number of ether oxygens (including phenoxy) is 1. The summed E-state index contributed by atoms with van der Waals surface area (Å²) in [7, 11) is 0. The SMILES string of the molecule is Cc1ccc(Cl)c2sc(N(CCN3CCOCC3)C(=O)c3cc(Cl)cc(Cl)c3)nc12. The van der Waals surface area contributed by atoms with Crippen molar-refractivity contribution in [2.45, 2.75) is 6.92 Å². The first-order valence-electron chi connectivity index (χ1n) is 9.56. The van der Waals surface area contributed by atoms with Crippen molar-refractivity contribution in [1.29, 1.82) is 0 Å². The number of nitrogens with zero attached hydrogens (tertiary/aromatic N) is 3. The Hall–Kier alpha value is -1.41. The van der Waals surface area contributed by atoms with E-state index < -0.39 is 0 Å². The first-order chi connectivity index (χ1) is 14.4. The van der Waals surface area contributed by atoms with Gasteiger partial charge in [0.1, 0.15) is 0 Å². The number of benzene rings is 2. The molecule has 0 atom stereocenters. The third-order valence-corrected chi connectivity index (χ3v) is 6.99. The molecule has 2 heterocycles. The summed E-state index contributed by atoms with van der Waals surface area (Å²) < 4.78 is 6.30. The lowest BCUT2D eigenvalue weighted by molar-refractivity contribution is 0.0391. The summed E-state index contributed by atoms with van der Waals surface area (Å²) in [5, 5.41) is 2.07. The average molecular weight is 485 g/mol. The third kappa shape index (κ3) is 4.74. The minimum Gasteiger partial charge on any atom is -0.379 e. The Bertz CT molecular complexity index is 1020. The molecule has 2 aromatic carbocycles. The second-order valence-electron chi connectivity index (χ2n) is 7.11. The highest BCUT2D eigenvalue weighted by atomic mass is 35.5. The number of thiazole rings is 1. The summed E-state index contributed by atoms with van der Waals surface area (Å²) >= 11 is 20.1.